The van der Waals surface area contributed by atoms with Crippen molar-refractivity contribution in [1.82, 2.24) is 0 Å². The molecular weight excluding hydrogens is 219 g/mol. The van der Waals surface area contributed by atoms with Crippen LogP contribution in [0.1, 0.15) is 24.5 Å². The zero-order valence-corrected chi connectivity index (χ0v) is 9.26. The molecule has 1 heterocycles. The van der Waals surface area contributed by atoms with Crippen LogP contribution in [0.4, 0.5) is 0 Å². The summed E-state index contributed by atoms with van der Waals surface area (Å²) in [7, 11) is 0. The summed E-state index contributed by atoms with van der Waals surface area (Å²) in [5, 5.41) is 0.834. The minimum absolute atomic E-state index is 0.0303. The maximum absolute atomic E-state index is 6.20. The van der Waals surface area contributed by atoms with Crippen LogP contribution in [0, 0.1) is 0 Å². The number of ether oxygens (including phenoxy) is 1. The van der Waals surface area contributed by atoms with Gasteiger partial charge >= 0.3 is 0 Å². The van der Waals surface area contributed by atoms with E-state index in [4.69, 9.17) is 27.9 Å². The first kappa shape index (κ1) is 10.3. The molecular formula is C11H12Cl2O. The second-order valence-electron chi connectivity index (χ2n) is 3.50. The smallest absolute Gasteiger partial charge is 0.0988 e. The lowest BCUT2D eigenvalue weighted by Gasteiger charge is -2.27. The molecule has 2 atom stereocenters. The van der Waals surface area contributed by atoms with Crippen molar-refractivity contribution in [1.29, 1.82) is 0 Å². The topological polar surface area (TPSA) is 9.23 Å². The average Bonchev–Trinajstić information content (AvgIpc) is 2.20. The maximum Gasteiger partial charge on any atom is 0.0988 e. The highest BCUT2D eigenvalue weighted by atomic mass is 35.5. The molecule has 2 unspecified atom stereocenters. The Hall–Kier alpha value is -0.240. The van der Waals surface area contributed by atoms with Crippen molar-refractivity contribution in [2.45, 2.75) is 24.3 Å². The molecule has 2 rings (SSSR count). The van der Waals surface area contributed by atoms with Crippen LogP contribution >= 0.6 is 23.2 Å². The quantitative estimate of drug-likeness (QED) is 0.668. The van der Waals surface area contributed by atoms with Gasteiger partial charge in [-0.15, -0.1) is 11.6 Å². The van der Waals surface area contributed by atoms with Crippen molar-refractivity contribution < 1.29 is 4.74 Å². The number of rotatable bonds is 1. The Bertz CT molecular complexity index is 297. The van der Waals surface area contributed by atoms with Crippen LogP contribution in [0.5, 0.6) is 0 Å². The van der Waals surface area contributed by atoms with E-state index in [1.165, 1.54) is 0 Å². The molecule has 0 saturated carbocycles. The fraction of sp³-hybridized carbons (Fsp3) is 0.455. The van der Waals surface area contributed by atoms with Crippen molar-refractivity contribution in [3.63, 3.8) is 0 Å². The summed E-state index contributed by atoms with van der Waals surface area (Å²) < 4.78 is 5.64. The Balaban J connectivity index is 2.16. The number of halogens is 2. The monoisotopic (exact) mass is 230 g/mol. The molecule has 0 aliphatic carbocycles. The Kier molecular flexibility index (Phi) is 3.32. The standard InChI is InChI=1S/C11H12Cl2O/c12-9-5-3-8(4-6-9)11-10(13)2-1-7-14-11/h3-6,10-11H,1-2,7H2. The van der Waals surface area contributed by atoms with Gasteiger partial charge in [-0.1, -0.05) is 23.7 Å². The third-order valence-corrected chi connectivity index (χ3v) is 3.15. The summed E-state index contributed by atoms with van der Waals surface area (Å²) in [6.45, 7) is 0.802. The van der Waals surface area contributed by atoms with Gasteiger partial charge in [0, 0.05) is 11.6 Å². The molecule has 1 saturated heterocycles. The lowest BCUT2D eigenvalue weighted by Crippen LogP contribution is -2.22. The summed E-state index contributed by atoms with van der Waals surface area (Å²) in [6, 6.07) is 7.71. The summed E-state index contributed by atoms with van der Waals surface area (Å²) in [4.78, 5) is 0. The van der Waals surface area contributed by atoms with Gasteiger partial charge in [0.1, 0.15) is 0 Å². The second kappa shape index (κ2) is 4.52. The van der Waals surface area contributed by atoms with Crippen molar-refractivity contribution in [2.75, 3.05) is 6.61 Å². The molecule has 0 bridgehead atoms. The van der Waals surface area contributed by atoms with Gasteiger partial charge in [0.25, 0.3) is 0 Å². The largest absolute Gasteiger partial charge is 0.372 e. The van der Waals surface area contributed by atoms with E-state index < -0.39 is 0 Å². The van der Waals surface area contributed by atoms with E-state index in [2.05, 4.69) is 0 Å². The first-order valence-electron chi connectivity index (χ1n) is 4.78. The first-order chi connectivity index (χ1) is 6.77. The van der Waals surface area contributed by atoms with Crippen molar-refractivity contribution in [3.05, 3.63) is 34.9 Å². The van der Waals surface area contributed by atoms with Gasteiger partial charge in [0.05, 0.1) is 11.5 Å². The molecule has 76 valence electrons. The molecule has 0 N–H and O–H groups in total. The normalized spacial score (nSPS) is 27.6. The lowest BCUT2D eigenvalue weighted by molar-refractivity contribution is 0.0184. The fourth-order valence-corrected chi connectivity index (χ4v) is 2.20. The van der Waals surface area contributed by atoms with Crippen molar-refractivity contribution in [2.24, 2.45) is 0 Å². The van der Waals surface area contributed by atoms with Gasteiger partial charge < -0.3 is 4.74 Å². The van der Waals surface area contributed by atoms with Crippen molar-refractivity contribution >= 4 is 23.2 Å². The minimum Gasteiger partial charge on any atom is -0.372 e. The van der Waals surface area contributed by atoms with Crippen LogP contribution in [0.15, 0.2) is 24.3 Å². The van der Waals surface area contributed by atoms with Gasteiger partial charge in [-0.25, -0.2) is 0 Å². The molecule has 0 spiro atoms. The number of hydrogen-bond acceptors (Lipinski definition) is 1. The van der Waals surface area contributed by atoms with Gasteiger partial charge in [0.2, 0.25) is 0 Å². The number of benzene rings is 1. The zero-order valence-electron chi connectivity index (χ0n) is 7.75. The highest BCUT2D eigenvalue weighted by molar-refractivity contribution is 6.30. The summed E-state index contributed by atoms with van der Waals surface area (Å²) in [6.07, 6.45) is 2.11. The van der Waals surface area contributed by atoms with Gasteiger partial charge in [-0.3, -0.25) is 0 Å². The number of alkyl halides is 1. The Morgan fingerprint density at radius 3 is 2.57 bits per heavy atom. The molecule has 1 aromatic rings. The molecule has 1 fully saturated rings. The van der Waals surface area contributed by atoms with Crippen LogP contribution in [0.25, 0.3) is 0 Å². The van der Waals surface area contributed by atoms with E-state index in [1.807, 2.05) is 24.3 Å². The molecule has 14 heavy (non-hydrogen) atoms. The fourth-order valence-electron chi connectivity index (χ4n) is 1.70. The SMILES string of the molecule is Clc1ccc(C2OCCCC2Cl)cc1. The summed E-state index contributed by atoms with van der Waals surface area (Å²) in [5.41, 5.74) is 1.12. The van der Waals surface area contributed by atoms with Gasteiger partial charge in [-0.05, 0) is 30.5 Å². The van der Waals surface area contributed by atoms with Crippen LogP contribution < -0.4 is 0 Å². The second-order valence-corrected chi connectivity index (χ2v) is 4.50. The molecule has 3 heteroatoms. The molecule has 1 aliphatic rings. The van der Waals surface area contributed by atoms with E-state index in [0.29, 0.717) is 0 Å². The predicted molar refractivity (Wildman–Crippen MR) is 59.0 cm³/mol. The molecule has 1 nitrogen and oxygen atoms in total. The third kappa shape index (κ3) is 2.22. The van der Waals surface area contributed by atoms with Gasteiger partial charge in [0.15, 0.2) is 0 Å². The third-order valence-electron chi connectivity index (χ3n) is 2.45. The maximum atomic E-state index is 6.20. The van der Waals surface area contributed by atoms with Crippen LogP contribution in [0.3, 0.4) is 0 Å². The highest BCUT2D eigenvalue weighted by Gasteiger charge is 2.25. The van der Waals surface area contributed by atoms with E-state index in [1.54, 1.807) is 0 Å². The Morgan fingerprint density at radius 1 is 1.21 bits per heavy atom. The lowest BCUT2D eigenvalue weighted by atomic mass is 10.0. The van der Waals surface area contributed by atoms with E-state index in [0.717, 1.165) is 30.0 Å². The first-order valence-corrected chi connectivity index (χ1v) is 5.60. The van der Waals surface area contributed by atoms with E-state index in [9.17, 15) is 0 Å². The molecule has 1 aromatic carbocycles. The van der Waals surface area contributed by atoms with Crippen LogP contribution in [0.2, 0.25) is 5.02 Å². The highest BCUT2D eigenvalue weighted by Crippen LogP contribution is 2.32. The molecule has 1 aliphatic heterocycles. The Labute approximate surface area is 94.0 Å². The van der Waals surface area contributed by atoms with Crippen LogP contribution in [-0.4, -0.2) is 12.0 Å². The molecule has 0 radical (unpaired) electrons. The number of hydrogen-bond donors (Lipinski definition) is 0. The summed E-state index contributed by atoms with van der Waals surface area (Å²) in [5.74, 6) is 0. The minimum atomic E-state index is 0.0303. The predicted octanol–water partition coefficient (Wildman–Crippen LogP) is 3.80. The van der Waals surface area contributed by atoms with E-state index >= 15 is 0 Å². The summed E-state index contributed by atoms with van der Waals surface area (Å²) >= 11 is 12.0. The van der Waals surface area contributed by atoms with Crippen LogP contribution in [-0.2, 0) is 4.74 Å². The molecule has 0 aromatic heterocycles. The van der Waals surface area contributed by atoms with Crippen molar-refractivity contribution in [3.8, 4) is 0 Å². The Morgan fingerprint density at radius 2 is 1.93 bits per heavy atom. The van der Waals surface area contributed by atoms with E-state index in [-0.39, 0.29) is 11.5 Å². The van der Waals surface area contributed by atoms with Gasteiger partial charge in [-0.2, -0.15) is 0 Å². The average molecular weight is 231 g/mol. The molecule has 0 amide bonds. The zero-order chi connectivity index (χ0) is 9.97.